The summed E-state index contributed by atoms with van der Waals surface area (Å²) in [4.78, 5) is 12.5. The fourth-order valence-corrected chi connectivity index (χ4v) is 2.44. The summed E-state index contributed by atoms with van der Waals surface area (Å²) in [5.41, 5.74) is 9.58. The molecule has 7 heteroatoms. The molecule has 0 bridgehead atoms. The molecule has 3 aromatic rings. The summed E-state index contributed by atoms with van der Waals surface area (Å²) in [5.74, 6) is 7.48. The van der Waals surface area contributed by atoms with Crippen molar-refractivity contribution in [3.63, 3.8) is 0 Å². The number of aromatic nitrogens is 3. The van der Waals surface area contributed by atoms with Crippen LogP contribution in [0.5, 0.6) is 11.5 Å². The standard InChI is InChI=1S/C22H21N5O2/c1-15-12-17(8-10-20(15)29-18-9-7-16(2)24-13-18)27-22-21(23)19(25-14-26-22)6-4-3-5-11-28/h3,5,7-10,12-14,28H,11,23H2,1-2H3,(H,25,26,27). The van der Waals surface area contributed by atoms with E-state index in [0.29, 0.717) is 22.9 Å². The summed E-state index contributed by atoms with van der Waals surface area (Å²) in [6.07, 6.45) is 6.16. The molecule has 146 valence electrons. The number of rotatable bonds is 5. The molecule has 1 aromatic carbocycles. The predicted octanol–water partition coefficient (Wildman–Crippen LogP) is 3.51. The molecule has 0 aliphatic heterocycles. The van der Waals surface area contributed by atoms with Gasteiger partial charge in [-0.25, -0.2) is 9.97 Å². The fraction of sp³-hybridized carbons (Fsp3) is 0.136. The number of allylic oxidation sites excluding steroid dienone is 1. The highest BCUT2D eigenvalue weighted by Gasteiger charge is 2.08. The first kappa shape index (κ1) is 19.9. The van der Waals surface area contributed by atoms with Crippen LogP contribution in [-0.4, -0.2) is 26.7 Å². The number of nitrogens with two attached hydrogens (primary N) is 1. The highest BCUT2D eigenvalue weighted by Crippen LogP contribution is 2.29. The Labute approximate surface area is 169 Å². The van der Waals surface area contributed by atoms with Gasteiger partial charge in [0.15, 0.2) is 5.82 Å². The smallest absolute Gasteiger partial charge is 0.158 e. The number of nitrogens with one attached hydrogen (secondary N) is 1. The lowest BCUT2D eigenvalue weighted by Gasteiger charge is -2.12. The molecular weight excluding hydrogens is 366 g/mol. The van der Waals surface area contributed by atoms with Crippen molar-refractivity contribution in [2.75, 3.05) is 17.7 Å². The van der Waals surface area contributed by atoms with E-state index < -0.39 is 0 Å². The number of benzene rings is 1. The second-order valence-corrected chi connectivity index (χ2v) is 6.18. The Morgan fingerprint density at radius 2 is 2.03 bits per heavy atom. The molecule has 0 aliphatic rings. The lowest BCUT2D eigenvalue weighted by molar-refractivity contribution is 0.343. The molecule has 29 heavy (non-hydrogen) atoms. The van der Waals surface area contributed by atoms with E-state index >= 15 is 0 Å². The summed E-state index contributed by atoms with van der Waals surface area (Å²) < 4.78 is 5.89. The van der Waals surface area contributed by atoms with Crippen molar-refractivity contribution in [3.8, 4) is 23.3 Å². The monoisotopic (exact) mass is 387 g/mol. The van der Waals surface area contributed by atoms with Crippen molar-refractivity contribution < 1.29 is 9.84 Å². The Morgan fingerprint density at radius 3 is 2.76 bits per heavy atom. The number of nitrogens with zero attached hydrogens (tertiary/aromatic N) is 3. The molecule has 0 spiro atoms. The molecule has 0 unspecified atom stereocenters. The van der Waals surface area contributed by atoms with Gasteiger partial charge in [-0.3, -0.25) is 4.98 Å². The molecule has 0 aliphatic carbocycles. The SMILES string of the molecule is Cc1ccc(Oc2ccc(Nc3ncnc(C#CC=CCO)c3N)cc2C)cn1. The van der Waals surface area contributed by atoms with Gasteiger partial charge in [-0.15, -0.1) is 0 Å². The van der Waals surface area contributed by atoms with Crippen molar-refractivity contribution in [1.29, 1.82) is 0 Å². The van der Waals surface area contributed by atoms with E-state index in [-0.39, 0.29) is 6.61 Å². The van der Waals surface area contributed by atoms with Crippen molar-refractivity contribution in [3.05, 3.63) is 72.0 Å². The molecule has 0 saturated carbocycles. The molecule has 0 fully saturated rings. The summed E-state index contributed by atoms with van der Waals surface area (Å²) >= 11 is 0. The summed E-state index contributed by atoms with van der Waals surface area (Å²) in [6, 6.07) is 9.47. The minimum absolute atomic E-state index is 0.0692. The lowest BCUT2D eigenvalue weighted by Crippen LogP contribution is -2.03. The molecule has 3 rings (SSSR count). The number of aliphatic hydroxyl groups excluding tert-OH is 1. The maximum Gasteiger partial charge on any atom is 0.158 e. The zero-order valence-electron chi connectivity index (χ0n) is 16.2. The number of anilines is 3. The van der Waals surface area contributed by atoms with E-state index in [1.165, 1.54) is 12.4 Å². The van der Waals surface area contributed by atoms with E-state index in [0.717, 1.165) is 22.7 Å². The van der Waals surface area contributed by atoms with E-state index in [2.05, 4.69) is 32.1 Å². The van der Waals surface area contributed by atoms with Gasteiger partial charge < -0.3 is 20.9 Å². The molecule has 0 atom stereocenters. The van der Waals surface area contributed by atoms with Gasteiger partial charge in [0.1, 0.15) is 29.2 Å². The summed E-state index contributed by atoms with van der Waals surface area (Å²) in [6.45, 7) is 3.81. The van der Waals surface area contributed by atoms with Gasteiger partial charge in [-0.2, -0.15) is 0 Å². The summed E-state index contributed by atoms with van der Waals surface area (Å²) in [7, 11) is 0. The van der Waals surface area contributed by atoms with Crippen molar-refractivity contribution in [2.45, 2.75) is 13.8 Å². The average molecular weight is 387 g/mol. The molecular formula is C22H21N5O2. The van der Waals surface area contributed by atoms with E-state index in [4.69, 9.17) is 15.6 Å². The van der Waals surface area contributed by atoms with Crippen LogP contribution in [0.3, 0.4) is 0 Å². The second-order valence-electron chi connectivity index (χ2n) is 6.18. The number of pyridine rings is 1. The first-order valence-electron chi connectivity index (χ1n) is 8.93. The Kier molecular flexibility index (Phi) is 6.40. The van der Waals surface area contributed by atoms with Crippen LogP contribution >= 0.6 is 0 Å². The first-order chi connectivity index (χ1) is 14.1. The quantitative estimate of drug-likeness (QED) is 0.575. The topological polar surface area (TPSA) is 106 Å². The van der Waals surface area contributed by atoms with Crippen LogP contribution in [0, 0.1) is 25.7 Å². The van der Waals surface area contributed by atoms with Crippen LogP contribution < -0.4 is 15.8 Å². The lowest BCUT2D eigenvalue weighted by atomic mass is 10.2. The van der Waals surface area contributed by atoms with Gasteiger partial charge >= 0.3 is 0 Å². The highest BCUT2D eigenvalue weighted by atomic mass is 16.5. The van der Waals surface area contributed by atoms with Crippen molar-refractivity contribution >= 4 is 17.2 Å². The predicted molar refractivity (Wildman–Crippen MR) is 113 cm³/mol. The Bertz CT molecular complexity index is 1080. The van der Waals surface area contributed by atoms with Gasteiger partial charge in [0.25, 0.3) is 0 Å². The van der Waals surface area contributed by atoms with Crippen LogP contribution in [0.4, 0.5) is 17.2 Å². The van der Waals surface area contributed by atoms with Gasteiger partial charge in [0.2, 0.25) is 0 Å². The van der Waals surface area contributed by atoms with Gasteiger partial charge in [-0.1, -0.05) is 12.0 Å². The third kappa shape index (κ3) is 5.31. The van der Waals surface area contributed by atoms with Gasteiger partial charge in [-0.05, 0) is 61.7 Å². The fourth-order valence-electron chi connectivity index (χ4n) is 2.44. The molecule has 7 nitrogen and oxygen atoms in total. The van der Waals surface area contributed by atoms with Crippen molar-refractivity contribution in [1.82, 2.24) is 15.0 Å². The zero-order valence-corrected chi connectivity index (χ0v) is 16.2. The first-order valence-corrected chi connectivity index (χ1v) is 8.93. The third-order valence-electron chi connectivity index (χ3n) is 3.93. The maximum atomic E-state index is 8.73. The number of hydrogen-bond donors (Lipinski definition) is 3. The normalized spacial score (nSPS) is 10.4. The van der Waals surface area contributed by atoms with Gasteiger partial charge in [0.05, 0.1) is 12.8 Å². The summed E-state index contributed by atoms with van der Waals surface area (Å²) in [5, 5.41) is 11.9. The molecule has 0 saturated heterocycles. The van der Waals surface area contributed by atoms with Crippen molar-refractivity contribution in [2.24, 2.45) is 0 Å². The molecule has 2 aromatic heterocycles. The number of aliphatic hydroxyl groups is 1. The molecule has 4 N–H and O–H groups in total. The second kappa shape index (κ2) is 9.35. The minimum Gasteiger partial charge on any atom is -0.455 e. The van der Waals surface area contributed by atoms with E-state index in [1.807, 2.05) is 44.2 Å². The Balaban J connectivity index is 1.77. The van der Waals surface area contributed by atoms with Crippen LogP contribution in [0.15, 0.2) is 55.0 Å². The zero-order chi connectivity index (χ0) is 20.6. The number of hydrogen-bond acceptors (Lipinski definition) is 7. The average Bonchev–Trinajstić information content (AvgIpc) is 2.71. The van der Waals surface area contributed by atoms with Crippen LogP contribution in [0.2, 0.25) is 0 Å². The van der Waals surface area contributed by atoms with Crippen LogP contribution in [-0.2, 0) is 0 Å². The number of aryl methyl sites for hydroxylation is 2. The molecule has 0 radical (unpaired) electrons. The minimum atomic E-state index is -0.0692. The Morgan fingerprint density at radius 1 is 1.17 bits per heavy atom. The van der Waals surface area contributed by atoms with E-state index in [9.17, 15) is 0 Å². The maximum absolute atomic E-state index is 8.73. The number of nitrogen functional groups attached to an aromatic ring is 1. The van der Waals surface area contributed by atoms with Crippen LogP contribution in [0.1, 0.15) is 17.0 Å². The number of ether oxygens (including phenoxy) is 1. The highest BCUT2D eigenvalue weighted by molar-refractivity contribution is 5.73. The molecule has 0 amide bonds. The van der Waals surface area contributed by atoms with Crippen LogP contribution in [0.25, 0.3) is 0 Å². The Hall–Kier alpha value is -3.89. The van der Waals surface area contributed by atoms with Gasteiger partial charge in [0, 0.05) is 11.4 Å². The largest absolute Gasteiger partial charge is 0.455 e. The van der Waals surface area contributed by atoms with E-state index in [1.54, 1.807) is 12.3 Å². The third-order valence-corrected chi connectivity index (χ3v) is 3.93. The molecule has 2 heterocycles.